The minimum absolute atomic E-state index is 0.109. The molecule has 0 saturated heterocycles. The van der Waals surface area contributed by atoms with Crippen LogP contribution in [-0.4, -0.2) is 19.7 Å². The predicted octanol–water partition coefficient (Wildman–Crippen LogP) is 5.40. The molecule has 166 valence electrons. The van der Waals surface area contributed by atoms with E-state index in [9.17, 15) is 4.79 Å². The number of carbonyl (C=O) groups is 1. The second-order valence-corrected chi connectivity index (χ2v) is 8.55. The zero-order valence-corrected chi connectivity index (χ0v) is 18.3. The number of nitrogens with one attached hydrogen (secondary N) is 2. The van der Waals surface area contributed by atoms with E-state index in [0.29, 0.717) is 12.2 Å². The zero-order valence-electron chi connectivity index (χ0n) is 18.3. The van der Waals surface area contributed by atoms with Crippen LogP contribution in [0.4, 0.5) is 11.4 Å². The number of methoxy groups -OCH3 is 1. The number of hydrogen-bond acceptors (Lipinski definition) is 6. The van der Waals surface area contributed by atoms with Crippen molar-refractivity contribution in [3.63, 3.8) is 0 Å². The first kappa shape index (κ1) is 19.7. The minimum atomic E-state index is -0.282. The number of rotatable bonds is 3. The van der Waals surface area contributed by atoms with Gasteiger partial charge in [-0.25, -0.2) is 0 Å². The molecular formula is C27H24N2O4. The molecule has 3 aromatic rings. The van der Waals surface area contributed by atoms with Gasteiger partial charge in [-0.1, -0.05) is 30.3 Å². The second-order valence-electron chi connectivity index (χ2n) is 8.55. The van der Waals surface area contributed by atoms with Crippen LogP contribution in [0.3, 0.4) is 0 Å². The van der Waals surface area contributed by atoms with Gasteiger partial charge in [0.1, 0.15) is 5.75 Å². The van der Waals surface area contributed by atoms with E-state index in [1.807, 2.05) is 54.6 Å². The van der Waals surface area contributed by atoms with Gasteiger partial charge in [-0.05, 0) is 59.9 Å². The average Bonchev–Trinajstić information content (AvgIpc) is 3.24. The number of hydrogen-bond donors (Lipinski definition) is 2. The van der Waals surface area contributed by atoms with Crippen LogP contribution >= 0.6 is 0 Å². The van der Waals surface area contributed by atoms with Crippen LogP contribution in [0.5, 0.6) is 17.2 Å². The van der Waals surface area contributed by atoms with Crippen molar-refractivity contribution in [2.75, 3.05) is 24.5 Å². The summed E-state index contributed by atoms with van der Waals surface area (Å²) >= 11 is 0. The van der Waals surface area contributed by atoms with E-state index in [1.165, 1.54) is 0 Å². The summed E-state index contributed by atoms with van der Waals surface area (Å²) in [5, 5.41) is 7.19. The lowest BCUT2D eigenvalue weighted by Gasteiger charge is -2.30. The topological polar surface area (TPSA) is 68.8 Å². The van der Waals surface area contributed by atoms with Crippen molar-refractivity contribution >= 4 is 17.2 Å². The highest BCUT2D eigenvalue weighted by molar-refractivity contribution is 6.01. The molecule has 6 rings (SSSR count). The van der Waals surface area contributed by atoms with Crippen molar-refractivity contribution in [1.29, 1.82) is 0 Å². The zero-order chi connectivity index (χ0) is 22.4. The number of Topliss-reactive ketones (excluding diaryl/α,β-unsaturated/α-hetero) is 1. The van der Waals surface area contributed by atoms with Crippen LogP contribution in [-0.2, 0) is 4.79 Å². The van der Waals surface area contributed by atoms with Gasteiger partial charge in [0.2, 0.25) is 6.79 Å². The fourth-order valence-electron chi connectivity index (χ4n) is 4.95. The van der Waals surface area contributed by atoms with Gasteiger partial charge in [0.25, 0.3) is 0 Å². The maximum atomic E-state index is 13.6. The highest BCUT2D eigenvalue weighted by Crippen LogP contribution is 2.45. The smallest absolute Gasteiger partial charge is 0.231 e. The van der Waals surface area contributed by atoms with Gasteiger partial charge in [0.05, 0.1) is 24.5 Å². The Bertz CT molecular complexity index is 1270. The highest BCUT2D eigenvalue weighted by atomic mass is 16.7. The van der Waals surface area contributed by atoms with Crippen LogP contribution in [0.15, 0.2) is 78.0 Å². The van der Waals surface area contributed by atoms with Crippen molar-refractivity contribution < 1.29 is 19.0 Å². The van der Waals surface area contributed by atoms with Crippen molar-refractivity contribution in [3.8, 4) is 17.2 Å². The van der Waals surface area contributed by atoms with Gasteiger partial charge in [-0.2, -0.15) is 0 Å². The van der Waals surface area contributed by atoms with E-state index >= 15 is 0 Å². The summed E-state index contributed by atoms with van der Waals surface area (Å²) in [5.74, 6) is 2.51. The molecule has 0 spiro atoms. The Kier molecular flexibility index (Phi) is 4.72. The maximum Gasteiger partial charge on any atom is 0.231 e. The van der Waals surface area contributed by atoms with Crippen molar-refractivity contribution in [2.24, 2.45) is 0 Å². The summed E-state index contributed by atoms with van der Waals surface area (Å²) in [6.07, 6.45) is 1.22. The van der Waals surface area contributed by atoms with E-state index in [1.54, 1.807) is 7.11 Å². The quantitative estimate of drug-likeness (QED) is 0.568. The Labute approximate surface area is 192 Å². The predicted molar refractivity (Wildman–Crippen MR) is 126 cm³/mol. The Morgan fingerprint density at radius 2 is 1.64 bits per heavy atom. The molecule has 1 aliphatic carbocycles. The maximum absolute atomic E-state index is 13.6. The molecule has 2 N–H and O–H groups in total. The van der Waals surface area contributed by atoms with E-state index in [0.717, 1.165) is 51.7 Å². The Morgan fingerprint density at radius 1 is 0.879 bits per heavy atom. The molecule has 0 radical (unpaired) electrons. The third-order valence-corrected chi connectivity index (χ3v) is 6.63. The Hall–Kier alpha value is -3.93. The van der Waals surface area contributed by atoms with Gasteiger partial charge in [0.15, 0.2) is 17.3 Å². The van der Waals surface area contributed by atoms with Gasteiger partial charge in [-0.15, -0.1) is 0 Å². The molecule has 6 nitrogen and oxygen atoms in total. The molecular weight excluding hydrogens is 416 g/mol. The van der Waals surface area contributed by atoms with Crippen molar-refractivity contribution in [1.82, 2.24) is 0 Å². The fraction of sp³-hybridized carbons (Fsp3) is 0.222. The molecule has 3 aromatic carbocycles. The number of ketones is 1. The molecule has 33 heavy (non-hydrogen) atoms. The van der Waals surface area contributed by atoms with E-state index in [2.05, 4.69) is 22.8 Å². The lowest BCUT2D eigenvalue weighted by molar-refractivity contribution is -0.116. The van der Waals surface area contributed by atoms with Crippen LogP contribution in [0.2, 0.25) is 0 Å². The lowest BCUT2D eigenvalue weighted by atomic mass is 9.78. The van der Waals surface area contributed by atoms with Gasteiger partial charge in [-0.3, -0.25) is 4.79 Å². The van der Waals surface area contributed by atoms with Crippen molar-refractivity contribution in [3.05, 3.63) is 89.1 Å². The summed E-state index contributed by atoms with van der Waals surface area (Å²) in [6.45, 7) is 0.220. The third-order valence-electron chi connectivity index (χ3n) is 6.63. The van der Waals surface area contributed by atoms with Crippen LogP contribution in [0, 0.1) is 0 Å². The molecule has 2 atom stereocenters. The Morgan fingerprint density at radius 3 is 2.45 bits per heavy atom. The van der Waals surface area contributed by atoms with Gasteiger partial charge >= 0.3 is 0 Å². The first-order valence-electron chi connectivity index (χ1n) is 11.1. The lowest BCUT2D eigenvalue weighted by Crippen LogP contribution is -2.26. The number of fused-ring (bicyclic) bond motifs is 2. The van der Waals surface area contributed by atoms with Gasteiger partial charge < -0.3 is 24.8 Å². The number of para-hydroxylation sites is 2. The molecule has 0 amide bonds. The summed E-state index contributed by atoms with van der Waals surface area (Å²) < 4.78 is 16.4. The fourth-order valence-corrected chi connectivity index (χ4v) is 4.95. The number of allylic oxidation sites excluding steroid dienone is 1. The summed E-state index contributed by atoms with van der Waals surface area (Å²) in [7, 11) is 1.66. The molecule has 0 aromatic heterocycles. The molecule has 3 aliphatic rings. The number of carbonyl (C=O) groups excluding carboxylic acids is 1. The molecule has 2 aliphatic heterocycles. The largest absolute Gasteiger partial charge is 0.497 e. The van der Waals surface area contributed by atoms with Crippen molar-refractivity contribution in [2.45, 2.75) is 24.8 Å². The first-order valence-corrected chi connectivity index (χ1v) is 11.1. The standard InChI is InChI=1S/C27H24N2O4/c1-31-19-9-6-16(7-10-19)18-12-22-26(23(30)13-18)27(29-21-5-3-2-4-20(21)28-22)17-8-11-24-25(14-17)33-15-32-24/h2-11,14,18,27-29H,12-13,15H2,1H3/t18-,27+/m0/s1. The average molecular weight is 440 g/mol. The molecule has 0 saturated carbocycles. The number of ether oxygens (including phenoxy) is 3. The number of benzene rings is 3. The first-order chi connectivity index (χ1) is 16.2. The summed E-state index contributed by atoms with van der Waals surface area (Å²) in [5.41, 5.74) is 5.80. The Balaban J connectivity index is 1.42. The van der Waals surface area contributed by atoms with E-state index < -0.39 is 0 Å². The second kappa shape index (κ2) is 7.89. The molecule has 6 heteroatoms. The van der Waals surface area contributed by atoms with E-state index in [-0.39, 0.29) is 24.5 Å². The van der Waals surface area contributed by atoms with Crippen LogP contribution in [0.1, 0.15) is 35.9 Å². The minimum Gasteiger partial charge on any atom is -0.497 e. The summed E-state index contributed by atoms with van der Waals surface area (Å²) in [4.78, 5) is 13.6. The van der Waals surface area contributed by atoms with E-state index in [4.69, 9.17) is 14.2 Å². The summed E-state index contributed by atoms with van der Waals surface area (Å²) in [6, 6.07) is 21.7. The third kappa shape index (κ3) is 3.48. The molecule has 0 unspecified atom stereocenters. The molecule has 0 fully saturated rings. The molecule has 2 heterocycles. The van der Waals surface area contributed by atoms with Crippen LogP contribution in [0.25, 0.3) is 0 Å². The number of anilines is 2. The monoisotopic (exact) mass is 440 g/mol. The van der Waals surface area contributed by atoms with Gasteiger partial charge in [0, 0.05) is 17.7 Å². The SMILES string of the molecule is COc1ccc([C@@H]2CC(=O)C3=C(C2)Nc2ccccc2N[C@@H]3c2ccc3c(c2)OCO3)cc1. The highest BCUT2D eigenvalue weighted by Gasteiger charge is 2.36. The molecule has 0 bridgehead atoms. The normalized spacial score (nSPS) is 20.8. The van der Waals surface area contributed by atoms with Crippen LogP contribution < -0.4 is 24.8 Å².